The number of aliphatic hydroxyl groups is 4. The van der Waals surface area contributed by atoms with Crippen molar-refractivity contribution in [1.82, 2.24) is 0 Å². The molecule has 3 saturated carbocycles. The summed E-state index contributed by atoms with van der Waals surface area (Å²) < 4.78 is 6.28. The average molecular weight is 587 g/mol. The highest BCUT2D eigenvalue weighted by Gasteiger charge is 2.65. The van der Waals surface area contributed by atoms with Crippen molar-refractivity contribution in [2.24, 2.45) is 34.5 Å². The number of aliphatic hydroxyl groups excluding tert-OH is 4. The number of carbonyl (C=O) groups is 2. The maximum absolute atomic E-state index is 13.3. The number of Topliss-reactive ketones (excluding diaryl/α,β-unsaturated/α-hetero) is 1. The van der Waals surface area contributed by atoms with E-state index in [1.54, 1.807) is 12.2 Å². The molecular formula is C36H42O7. The van der Waals surface area contributed by atoms with Crippen LogP contribution in [0.2, 0.25) is 0 Å². The molecule has 228 valence electrons. The minimum absolute atomic E-state index is 0.0114. The molecule has 0 aromatic heterocycles. The molecular weight excluding hydrogens is 544 g/mol. The van der Waals surface area contributed by atoms with Crippen LogP contribution in [0.15, 0.2) is 72.3 Å². The van der Waals surface area contributed by atoms with Crippen molar-refractivity contribution in [3.63, 3.8) is 0 Å². The fourth-order valence-corrected chi connectivity index (χ4v) is 9.17. The van der Waals surface area contributed by atoms with Crippen molar-refractivity contribution in [2.45, 2.75) is 71.1 Å². The lowest BCUT2D eigenvalue weighted by molar-refractivity contribution is -0.167. The van der Waals surface area contributed by atoms with E-state index in [4.69, 9.17) is 4.74 Å². The Balaban J connectivity index is 1.21. The van der Waals surface area contributed by atoms with E-state index in [1.165, 1.54) is 0 Å². The van der Waals surface area contributed by atoms with Gasteiger partial charge in [0, 0.05) is 16.9 Å². The van der Waals surface area contributed by atoms with Crippen LogP contribution in [0.4, 0.5) is 0 Å². The zero-order valence-corrected chi connectivity index (χ0v) is 24.9. The van der Waals surface area contributed by atoms with Gasteiger partial charge in [-0.05, 0) is 78.2 Å². The van der Waals surface area contributed by atoms with Crippen LogP contribution in [-0.2, 0) is 27.4 Å². The first-order chi connectivity index (χ1) is 20.6. The monoisotopic (exact) mass is 586 g/mol. The van der Waals surface area contributed by atoms with Crippen molar-refractivity contribution < 1.29 is 34.8 Å². The van der Waals surface area contributed by atoms with Gasteiger partial charge in [0.2, 0.25) is 0 Å². The average Bonchev–Trinajstić information content (AvgIpc) is 3.28. The maximum Gasteiger partial charge on any atom is 0.181 e. The highest BCUT2D eigenvalue weighted by molar-refractivity contribution is 6.01. The Kier molecular flexibility index (Phi) is 8.07. The molecule has 6 rings (SSSR count). The molecule has 4 N–H and O–H groups in total. The summed E-state index contributed by atoms with van der Waals surface area (Å²) in [6.45, 7) is 3.55. The molecule has 9 atom stereocenters. The predicted octanol–water partition coefficient (Wildman–Crippen LogP) is 4.21. The highest BCUT2D eigenvalue weighted by atomic mass is 16.6. The minimum atomic E-state index is -1.24. The van der Waals surface area contributed by atoms with E-state index >= 15 is 0 Å². The summed E-state index contributed by atoms with van der Waals surface area (Å²) in [6, 6.07) is 15.4. The van der Waals surface area contributed by atoms with Crippen LogP contribution in [0, 0.1) is 34.5 Å². The lowest BCUT2D eigenvalue weighted by Crippen LogP contribution is -2.56. The van der Waals surface area contributed by atoms with Gasteiger partial charge >= 0.3 is 0 Å². The number of hydrogen-bond donors (Lipinski definition) is 4. The third-order valence-electron chi connectivity index (χ3n) is 11.2. The topological polar surface area (TPSA) is 124 Å². The summed E-state index contributed by atoms with van der Waals surface area (Å²) in [5, 5.41) is 42.1. The maximum atomic E-state index is 13.3. The van der Waals surface area contributed by atoms with E-state index in [2.05, 4.69) is 6.92 Å². The van der Waals surface area contributed by atoms with Crippen molar-refractivity contribution in [3.05, 3.63) is 94.6 Å². The number of hydrogen-bond acceptors (Lipinski definition) is 7. The van der Waals surface area contributed by atoms with Gasteiger partial charge in [-0.1, -0.05) is 74.0 Å². The molecule has 0 amide bonds. The van der Waals surface area contributed by atoms with Gasteiger partial charge in [0.15, 0.2) is 17.9 Å². The van der Waals surface area contributed by atoms with Crippen molar-refractivity contribution in [1.29, 1.82) is 0 Å². The summed E-state index contributed by atoms with van der Waals surface area (Å²) in [6.07, 6.45) is 6.00. The van der Waals surface area contributed by atoms with Crippen molar-refractivity contribution >= 4 is 11.6 Å². The molecule has 0 bridgehead atoms. The fourth-order valence-electron chi connectivity index (χ4n) is 9.17. The first kappa shape index (κ1) is 30.1. The number of allylic oxidation sites excluding steroid dienone is 4. The number of carbonyl (C=O) groups excluding carboxylic acids is 2. The van der Waals surface area contributed by atoms with Crippen molar-refractivity contribution in [2.75, 3.05) is 6.61 Å². The van der Waals surface area contributed by atoms with E-state index < -0.39 is 41.9 Å². The zero-order valence-electron chi connectivity index (χ0n) is 24.9. The molecule has 4 aliphatic rings. The number of rotatable bonds is 8. The fraction of sp³-hybridized carbons (Fsp3) is 0.500. The Morgan fingerprint density at radius 3 is 2.33 bits per heavy atom. The molecule has 0 radical (unpaired) electrons. The largest absolute Gasteiger partial charge is 0.393 e. The number of fused-ring (bicyclic) bond motifs is 5. The van der Waals surface area contributed by atoms with E-state index in [9.17, 15) is 30.0 Å². The highest BCUT2D eigenvalue weighted by Crippen LogP contribution is 2.66. The zero-order chi connectivity index (χ0) is 30.5. The second-order valence-electron chi connectivity index (χ2n) is 13.6. The predicted molar refractivity (Wildman–Crippen MR) is 160 cm³/mol. The van der Waals surface area contributed by atoms with E-state index in [-0.39, 0.29) is 35.9 Å². The van der Waals surface area contributed by atoms with Gasteiger partial charge in [0.05, 0.1) is 24.7 Å². The molecule has 7 nitrogen and oxygen atoms in total. The van der Waals surface area contributed by atoms with Gasteiger partial charge in [-0.25, -0.2) is 0 Å². The smallest absolute Gasteiger partial charge is 0.181 e. The van der Waals surface area contributed by atoms with Crippen LogP contribution in [-0.4, -0.2) is 50.8 Å². The molecule has 3 fully saturated rings. The van der Waals surface area contributed by atoms with Gasteiger partial charge < -0.3 is 25.2 Å². The third-order valence-corrected chi connectivity index (χ3v) is 11.2. The molecule has 43 heavy (non-hydrogen) atoms. The summed E-state index contributed by atoms with van der Waals surface area (Å²) in [4.78, 5) is 25.4. The van der Waals surface area contributed by atoms with Crippen LogP contribution in [0.1, 0.15) is 68.1 Å². The number of benzene rings is 2. The lowest BCUT2D eigenvalue weighted by atomic mass is 9.46. The summed E-state index contributed by atoms with van der Waals surface area (Å²) in [7, 11) is 0. The Morgan fingerprint density at radius 2 is 1.67 bits per heavy atom. The van der Waals surface area contributed by atoms with E-state index in [1.807, 2.05) is 61.5 Å². The Labute approximate surface area is 252 Å². The Morgan fingerprint density at radius 1 is 1.02 bits per heavy atom. The van der Waals surface area contributed by atoms with Crippen LogP contribution in [0.5, 0.6) is 0 Å². The van der Waals surface area contributed by atoms with Gasteiger partial charge in [-0.2, -0.15) is 0 Å². The number of ether oxygens (including phenoxy) is 1. The van der Waals surface area contributed by atoms with Crippen LogP contribution in [0.3, 0.4) is 0 Å². The molecule has 0 saturated heterocycles. The Hall–Kier alpha value is -2.94. The minimum Gasteiger partial charge on any atom is -0.393 e. The third kappa shape index (κ3) is 5.25. The van der Waals surface area contributed by atoms with Crippen molar-refractivity contribution in [3.8, 4) is 0 Å². The van der Waals surface area contributed by atoms with Gasteiger partial charge in [-0.3, -0.25) is 9.59 Å². The Bertz CT molecular complexity index is 1430. The second kappa shape index (κ2) is 11.5. The lowest BCUT2D eigenvalue weighted by Gasteiger charge is -2.58. The summed E-state index contributed by atoms with van der Waals surface area (Å²) in [5.41, 5.74) is 3.69. The molecule has 2 aromatic carbocycles. The van der Waals surface area contributed by atoms with E-state index in [0.717, 1.165) is 35.1 Å². The number of ketones is 2. The quantitative estimate of drug-likeness (QED) is 0.342. The first-order valence-electron chi connectivity index (χ1n) is 15.4. The van der Waals surface area contributed by atoms with Crippen LogP contribution in [0.25, 0.3) is 0 Å². The van der Waals surface area contributed by atoms with Gasteiger partial charge in [0.25, 0.3) is 0 Å². The summed E-state index contributed by atoms with van der Waals surface area (Å²) >= 11 is 0. The SMILES string of the molecule is CC12C=CC(=O)C=C1CCC1C2[C@@H](O)CC2(C)C1C[C@@H](OC(O)c1ccc(Cc3ccc(CO)cc3)cc1)C2C(=O)CO. The normalized spacial score (nSPS) is 35.5. The molecule has 4 aliphatic carbocycles. The molecule has 0 aliphatic heterocycles. The molecule has 7 unspecified atom stereocenters. The molecule has 2 aromatic rings. The van der Waals surface area contributed by atoms with Gasteiger partial charge in [-0.15, -0.1) is 0 Å². The second-order valence-corrected chi connectivity index (χ2v) is 13.6. The van der Waals surface area contributed by atoms with Crippen LogP contribution < -0.4 is 0 Å². The molecule has 0 spiro atoms. The first-order valence-corrected chi connectivity index (χ1v) is 15.4. The van der Waals surface area contributed by atoms with Gasteiger partial charge in [0.1, 0.15) is 6.61 Å². The molecule has 7 heteroatoms. The molecule has 0 heterocycles. The standard InChI is InChI=1S/C36H42O7/c1-35-14-13-26(39)16-25(35)11-12-27-28-17-31(33(30(41)20-38)36(28,2)18-29(40)32(27)35)43-34(42)24-9-7-22(8-10-24)15-21-3-5-23(19-37)6-4-21/h3-10,13-14,16,27-29,31-34,37-38,40,42H,11-12,15,17-20H2,1-2H3/t27?,28?,29-,31+,32?,33?,34?,35?,36?/m0/s1. The summed E-state index contributed by atoms with van der Waals surface area (Å²) in [5.74, 6) is -0.899. The van der Waals surface area contributed by atoms with Crippen LogP contribution >= 0.6 is 0 Å². The van der Waals surface area contributed by atoms with E-state index in [0.29, 0.717) is 24.8 Å².